The third kappa shape index (κ3) is 8.45. The van der Waals surface area contributed by atoms with Crippen molar-refractivity contribution in [3.05, 3.63) is 0 Å². The Morgan fingerprint density at radius 3 is 2.44 bits per heavy atom. The molecule has 0 rings (SSSR count). The third-order valence-electron chi connectivity index (χ3n) is 2.64. The predicted octanol–water partition coefficient (Wildman–Crippen LogP) is 3.26. The fourth-order valence-corrected chi connectivity index (χ4v) is 1.57. The molecule has 0 radical (unpaired) electrons. The lowest BCUT2D eigenvalue weighted by atomic mass is 10.1. The first-order valence-electron chi connectivity index (χ1n) is 6.37. The second kappa shape index (κ2) is 10.7. The zero-order valence-corrected chi connectivity index (χ0v) is 10.5. The smallest absolute Gasteiger partial charge is 0.305 e. The van der Waals surface area contributed by atoms with Crippen molar-refractivity contribution in [3.63, 3.8) is 0 Å². The fraction of sp³-hybridized carbons (Fsp3) is 0.846. The Labute approximate surface area is 98.6 Å². The van der Waals surface area contributed by atoms with E-state index in [9.17, 15) is 9.59 Å². The SMILES string of the molecule is CCC(=O)OC(CC)CCCCCCC=O. The number of hydrogen-bond acceptors (Lipinski definition) is 3. The van der Waals surface area contributed by atoms with Gasteiger partial charge in [0.05, 0.1) is 0 Å². The van der Waals surface area contributed by atoms with E-state index in [1.165, 1.54) is 0 Å². The Morgan fingerprint density at radius 1 is 1.19 bits per heavy atom. The molecule has 94 valence electrons. The third-order valence-corrected chi connectivity index (χ3v) is 2.64. The van der Waals surface area contributed by atoms with E-state index in [2.05, 4.69) is 0 Å². The van der Waals surface area contributed by atoms with Crippen LogP contribution in [0.1, 0.15) is 65.2 Å². The average molecular weight is 228 g/mol. The lowest BCUT2D eigenvalue weighted by Crippen LogP contribution is -2.16. The first kappa shape index (κ1) is 15.1. The highest BCUT2D eigenvalue weighted by Gasteiger charge is 2.10. The maximum atomic E-state index is 11.1. The lowest BCUT2D eigenvalue weighted by Gasteiger charge is -2.15. The van der Waals surface area contributed by atoms with Crippen molar-refractivity contribution >= 4 is 12.3 Å². The molecule has 0 spiro atoms. The molecule has 0 heterocycles. The molecule has 0 aliphatic carbocycles. The first-order chi connectivity index (χ1) is 7.74. The Balaban J connectivity index is 3.47. The molecule has 1 atom stereocenters. The van der Waals surface area contributed by atoms with Crippen molar-refractivity contribution in [3.8, 4) is 0 Å². The van der Waals surface area contributed by atoms with Crippen molar-refractivity contribution in [2.75, 3.05) is 0 Å². The minimum Gasteiger partial charge on any atom is -0.462 e. The number of carbonyl (C=O) groups excluding carboxylic acids is 2. The molecule has 0 N–H and O–H groups in total. The summed E-state index contributed by atoms with van der Waals surface area (Å²) in [6, 6.07) is 0. The minimum atomic E-state index is -0.104. The highest BCUT2D eigenvalue weighted by Crippen LogP contribution is 2.12. The van der Waals surface area contributed by atoms with Gasteiger partial charge in [-0.05, 0) is 25.7 Å². The number of hydrogen-bond donors (Lipinski definition) is 0. The Bertz CT molecular complexity index is 190. The van der Waals surface area contributed by atoms with Gasteiger partial charge < -0.3 is 9.53 Å². The van der Waals surface area contributed by atoms with Gasteiger partial charge in [0.25, 0.3) is 0 Å². The Morgan fingerprint density at radius 2 is 1.88 bits per heavy atom. The summed E-state index contributed by atoms with van der Waals surface area (Å²) in [5, 5.41) is 0. The van der Waals surface area contributed by atoms with Crippen LogP contribution in [0.3, 0.4) is 0 Å². The van der Waals surface area contributed by atoms with Crippen molar-refractivity contribution in [1.82, 2.24) is 0 Å². The van der Waals surface area contributed by atoms with E-state index < -0.39 is 0 Å². The summed E-state index contributed by atoms with van der Waals surface area (Å²) in [5.41, 5.74) is 0. The second-order valence-corrected chi connectivity index (χ2v) is 4.03. The topological polar surface area (TPSA) is 43.4 Å². The molecule has 0 aromatic carbocycles. The number of aldehydes is 1. The quantitative estimate of drug-likeness (QED) is 0.327. The van der Waals surface area contributed by atoms with Crippen molar-refractivity contribution in [1.29, 1.82) is 0 Å². The van der Waals surface area contributed by atoms with Crippen LogP contribution in [0.2, 0.25) is 0 Å². The predicted molar refractivity (Wildman–Crippen MR) is 64.2 cm³/mol. The first-order valence-corrected chi connectivity index (χ1v) is 6.37. The number of ether oxygens (including phenoxy) is 1. The fourth-order valence-electron chi connectivity index (χ4n) is 1.57. The van der Waals surface area contributed by atoms with Gasteiger partial charge in [-0.2, -0.15) is 0 Å². The summed E-state index contributed by atoms with van der Waals surface area (Å²) in [6.07, 6.45) is 8.28. The molecule has 0 aromatic rings. The van der Waals surface area contributed by atoms with Crippen molar-refractivity contribution < 1.29 is 14.3 Å². The Hall–Kier alpha value is -0.860. The zero-order valence-electron chi connectivity index (χ0n) is 10.5. The van der Waals surface area contributed by atoms with E-state index >= 15 is 0 Å². The van der Waals surface area contributed by atoms with E-state index in [-0.39, 0.29) is 12.1 Å². The number of rotatable bonds is 10. The largest absolute Gasteiger partial charge is 0.462 e. The van der Waals surface area contributed by atoms with Crippen LogP contribution in [0.25, 0.3) is 0 Å². The van der Waals surface area contributed by atoms with Crippen molar-refractivity contribution in [2.24, 2.45) is 0 Å². The second-order valence-electron chi connectivity index (χ2n) is 4.03. The van der Waals surface area contributed by atoms with Gasteiger partial charge in [0.2, 0.25) is 0 Å². The number of carbonyl (C=O) groups is 2. The Kier molecular flexibility index (Phi) is 10.1. The molecule has 0 bridgehead atoms. The standard InChI is InChI=1S/C13H24O3/c1-3-12(16-13(15)4-2)10-8-6-5-7-9-11-14/h11-12H,3-10H2,1-2H3. The average Bonchev–Trinajstić information content (AvgIpc) is 2.31. The maximum absolute atomic E-state index is 11.1. The van der Waals surface area contributed by atoms with Crippen LogP contribution >= 0.6 is 0 Å². The zero-order chi connectivity index (χ0) is 12.2. The van der Waals surface area contributed by atoms with Crippen LogP contribution in [0.5, 0.6) is 0 Å². The van der Waals surface area contributed by atoms with E-state index in [0.29, 0.717) is 12.8 Å². The van der Waals surface area contributed by atoms with Crippen LogP contribution in [-0.4, -0.2) is 18.4 Å². The van der Waals surface area contributed by atoms with Gasteiger partial charge in [-0.1, -0.05) is 26.7 Å². The minimum absolute atomic E-state index is 0.0820. The van der Waals surface area contributed by atoms with E-state index in [1.807, 2.05) is 13.8 Å². The van der Waals surface area contributed by atoms with Gasteiger partial charge in [-0.15, -0.1) is 0 Å². The van der Waals surface area contributed by atoms with Crippen molar-refractivity contribution in [2.45, 2.75) is 71.3 Å². The molecule has 0 amide bonds. The summed E-state index contributed by atoms with van der Waals surface area (Å²) in [5.74, 6) is -0.104. The van der Waals surface area contributed by atoms with E-state index in [1.54, 1.807) is 0 Å². The summed E-state index contributed by atoms with van der Waals surface area (Å²) in [7, 11) is 0. The maximum Gasteiger partial charge on any atom is 0.305 e. The van der Waals surface area contributed by atoms with Gasteiger partial charge in [0.1, 0.15) is 12.4 Å². The highest BCUT2D eigenvalue weighted by molar-refractivity contribution is 5.69. The van der Waals surface area contributed by atoms with E-state index in [4.69, 9.17) is 4.74 Å². The molecule has 3 heteroatoms. The van der Waals surface area contributed by atoms with Crippen LogP contribution in [0.4, 0.5) is 0 Å². The van der Waals surface area contributed by atoms with Crippen LogP contribution in [-0.2, 0) is 14.3 Å². The monoisotopic (exact) mass is 228 g/mol. The molecule has 0 aliphatic rings. The van der Waals surface area contributed by atoms with Gasteiger partial charge in [-0.3, -0.25) is 4.79 Å². The highest BCUT2D eigenvalue weighted by atomic mass is 16.5. The summed E-state index contributed by atoms with van der Waals surface area (Å²) in [4.78, 5) is 21.2. The van der Waals surface area contributed by atoms with Gasteiger partial charge in [-0.25, -0.2) is 0 Å². The molecule has 0 aliphatic heterocycles. The molecule has 0 saturated carbocycles. The molecule has 0 aromatic heterocycles. The molecular formula is C13H24O3. The number of unbranched alkanes of at least 4 members (excludes halogenated alkanes) is 4. The van der Waals surface area contributed by atoms with Gasteiger partial charge >= 0.3 is 5.97 Å². The molecule has 0 fully saturated rings. The van der Waals surface area contributed by atoms with Crippen LogP contribution in [0.15, 0.2) is 0 Å². The molecule has 16 heavy (non-hydrogen) atoms. The van der Waals surface area contributed by atoms with E-state index in [0.717, 1.165) is 44.8 Å². The molecule has 0 saturated heterocycles. The normalized spacial score (nSPS) is 12.1. The summed E-state index contributed by atoms with van der Waals surface area (Å²) < 4.78 is 5.28. The summed E-state index contributed by atoms with van der Waals surface area (Å²) in [6.45, 7) is 3.86. The van der Waals surface area contributed by atoms with Crippen LogP contribution < -0.4 is 0 Å². The summed E-state index contributed by atoms with van der Waals surface area (Å²) >= 11 is 0. The van der Waals surface area contributed by atoms with Gasteiger partial charge in [0, 0.05) is 12.8 Å². The lowest BCUT2D eigenvalue weighted by molar-refractivity contribution is -0.149. The number of esters is 1. The van der Waals surface area contributed by atoms with Gasteiger partial charge in [0.15, 0.2) is 0 Å². The molecular weight excluding hydrogens is 204 g/mol. The molecule has 3 nitrogen and oxygen atoms in total. The van der Waals surface area contributed by atoms with Crippen LogP contribution in [0, 0.1) is 0 Å². The molecule has 1 unspecified atom stereocenters.